The van der Waals surface area contributed by atoms with Crippen LogP contribution < -0.4 is 53.4 Å². The van der Waals surface area contributed by atoms with Gasteiger partial charge in [-0.25, -0.2) is 14.6 Å². The van der Waals surface area contributed by atoms with Gasteiger partial charge in [0.1, 0.15) is 79.4 Å². The zero-order valence-electron chi connectivity index (χ0n) is 76.9. The van der Waals surface area contributed by atoms with Crippen LogP contribution in [0.1, 0.15) is 136 Å². The zero-order chi connectivity index (χ0) is 105. The van der Waals surface area contributed by atoms with Crippen molar-refractivity contribution in [3.05, 3.63) is 124 Å². The Kier molecular flexibility index (Phi) is 50.8. The molecule has 4 aromatic carbocycles. The largest absolute Gasteiger partial charge is 0.481 e. The van der Waals surface area contributed by atoms with E-state index in [1.165, 1.54) is 23.9 Å². The Bertz CT molecular complexity index is 5150. The van der Waals surface area contributed by atoms with Crippen LogP contribution in [-0.4, -0.2) is 369 Å². The molecular formula is C92H123N11O36S3. The Balaban J connectivity index is 1.20. The van der Waals surface area contributed by atoms with Gasteiger partial charge in [0.15, 0.2) is 11.6 Å². The number of aliphatic hydroxyl groups excluding tert-OH is 15. The molecule has 0 saturated heterocycles. The molecule has 0 bridgehead atoms. The average Bonchev–Trinajstić information content (AvgIpc) is 1.60. The van der Waals surface area contributed by atoms with Crippen LogP contribution in [0.5, 0.6) is 0 Å². The van der Waals surface area contributed by atoms with Crippen LogP contribution in [0.3, 0.4) is 0 Å². The van der Waals surface area contributed by atoms with Crippen LogP contribution in [0.15, 0.2) is 95.8 Å². The number of aliphatic carboxylic acids is 4. The van der Waals surface area contributed by atoms with Crippen molar-refractivity contribution in [3.63, 3.8) is 0 Å². The number of amides is 7. The number of carboxylic acids is 4. The van der Waals surface area contributed by atoms with Crippen LogP contribution in [0.2, 0.25) is 0 Å². The van der Waals surface area contributed by atoms with E-state index < -0.39 is 351 Å². The molecule has 0 fully saturated rings. The first-order valence-corrected chi connectivity index (χ1v) is 48.8. The Morgan fingerprint density at radius 2 is 0.915 bits per heavy atom. The molecule has 6 rings (SSSR count). The van der Waals surface area contributed by atoms with Crippen molar-refractivity contribution < 1.29 is 174 Å². The highest BCUT2D eigenvalue weighted by atomic mass is 33.1. The number of carboxylic acid groups (broad SMARTS) is 4. The lowest BCUT2D eigenvalue weighted by Gasteiger charge is -2.26. The number of fused-ring (bicyclic) bond motifs is 4. The summed E-state index contributed by atoms with van der Waals surface area (Å²) in [6.45, 7) is -5.82. The molecular weight excluding hydrogens is 1930 g/mol. The number of terminal acetylenes is 1. The summed E-state index contributed by atoms with van der Waals surface area (Å²) in [5, 5.41) is 208. The molecule has 142 heavy (non-hydrogen) atoms. The van der Waals surface area contributed by atoms with Gasteiger partial charge in [-0.2, -0.15) is 11.8 Å². The fraction of sp³-hybridized carbons (Fsp3) is 0.533. The van der Waals surface area contributed by atoms with Gasteiger partial charge < -0.3 is 150 Å². The number of rotatable bonds is 69. The standard InChI is InChI=1S/C92H123N11O36S3/c1-2-30-103(41-47-11-19-60-58(34-47)89(134)102-92(93)101-60)52-17-12-48(13-18-52)85(130)99-63(90(135)136)22-28-78(123)139-31-33-141-142-46-64(91(137)138)100-88(133)51(16-25-75(118)96-40-69(112)81(126)84(129)72(115)44-106)37-66(109)62(21-27-77(121)122)98-87(132)50(15-24-74(117)95-39-68(111)80(125)83(128)71(114)43-105)36-65(108)61(20-26-76(119)120)97-86(131)49(14-23-73(116)94-38-67(110)79(124)82(127)70(113)42-104)35-53(107)29-32-140-45-59-56-9-5-3-7-54(56)55-8-4-6-10-57(55)59/h1,3-13,17-19,34,49-51,59,61-64,67-72,79-84,104-106,110-115,124-129H,14-16,20-33,35-46H2,(H,94,116)(H,95,117)(H,96,118)(H,97,131)(H,98,132)(H,99,130)(H,100,133)(H,119,120)(H,121,122)(H,135,136)(H,137,138)(H3,93,101,102,134)/t49-,50-,51-,61+,62+,63+,64+,67+,68+,69+,70-,71-,72-,79-,80-,81-,82-,83-,84-/m1/s1. The minimum atomic E-state index is -2.22. The SMILES string of the molecule is C#CCN(Cc1ccc2nc(N)[nH]c(=O)c2c1)c1ccc(C(=O)N[C@@H](CCC(=O)OCCSSC[C@H](NC(=O)[C@H](CCC(=O)NC[C@H](O)[C@@H](O)[C@H](O)[C@H](O)CO)CC(=O)[C@H](CCC(=O)O)NC(=O)[C@H](CCC(=O)NC[C@H](O)[C@@H](O)[C@H](O)[C@H](O)CO)CC(=O)[C@H](CCC(=O)O)NC(=O)[C@H](CCC(=O)NC[C@H](O)[C@@H](O)[C@H](O)[C@H](O)CO)CC(=O)CCSCC2c3ccccc3-c3ccccc32)C(=O)O)C(=O)O)cc1. The molecule has 0 saturated carbocycles. The summed E-state index contributed by atoms with van der Waals surface area (Å²) in [6.07, 6.45) is -31.2. The van der Waals surface area contributed by atoms with Gasteiger partial charge >= 0.3 is 29.8 Å². The van der Waals surface area contributed by atoms with Crippen LogP contribution >= 0.6 is 33.3 Å². The molecule has 780 valence electrons. The minimum absolute atomic E-state index is 0.0305. The van der Waals surface area contributed by atoms with E-state index in [0.717, 1.165) is 43.8 Å². The Morgan fingerprint density at radius 3 is 1.35 bits per heavy atom. The van der Waals surface area contributed by atoms with E-state index in [0.29, 0.717) is 22.5 Å². The lowest BCUT2D eigenvalue weighted by Crippen LogP contribution is -2.50. The van der Waals surface area contributed by atoms with E-state index in [1.807, 2.05) is 48.5 Å². The normalized spacial score (nSPS) is 15.8. The molecule has 0 spiro atoms. The lowest BCUT2D eigenvalue weighted by molar-refractivity contribution is -0.144. The van der Waals surface area contributed by atoms with Gasteiger partial charge in [0.05, 0.1) is 67.7 Å². The number of nitrogen functional groups attached to an aromatic ring is 1. The smallest absolute Gasteiger partial charge is 0.327 e. The number of carbonyl (C=O) groups excluding carboxylic acids is 11. The summed E-state index contributed by atoms with van der Waals surface area (Å²) in [4.78, 5) is 226. The molecule has 1 aromatic heterocycles. The maximum absolute atomic E-state index is 15.0. The first-order chi connectivity index (χ1) is 67.4. The number of H-pyrrole nitrogens is 1. The van der Waals surface area contributed by atoms with Gasteiger partial charge in [-0.3, -0.25) is 72.1 Å². The number of hydrogen-bond acceptors (Lipinski definition) is 38. The topological polar surface area (TPSA) is 809 Å². The van der Waals surface area contributed by atoms with E-state index in [-0.39, 0.29) is 60.4 Å². The third-order valence-electron chi connectivity index (χ3n) is 23.2. The van der Waals surface area contributed by atoms with Crippen molar-refractivity contribution in [3.8, 4) is 23.5 Å². The van der Waals surface area contributed by atoms with Gasteiger partial charge in [-0.15, -0.1) is 6.42 Å². The molecule has 0 radical (unpaired) electrons. The molecule has 1 heterocycles. The highest BCUT2D eigenvalue weighted by Crippen LogP contribution is 2.46. The molecule has 1 aliphatic carbocycles. The molecule has 0 aliphatic heterocycles. The van der Waals surface area contributed by atoms with Gasteiger partial charge in [0.25, 0.3) is 11.5 Å². The van der Waals surface area contributed by atoms with Crippen LogP contribution in [-0.2, 0) is 78.4 Å². The van der Waals surface area contributed by atoms with E-state index in [9.17, 15) is 169 Å². The fourth-order valence-corrected chi connectivity index (χ4v) is 18.1. The number of carbonyl (C=O) groups is 15. The Morgan fingerprint density at radius 1 is 0.486 bits per heavy atom. The van der Waals surface area contributed by atoms with Crippen molar-refractivity contribution in [1.82, 2.24) is 47.2 Å². The molecule has 7 amide bonds. The van der Waals surface area contributed by atoms with Gasteiger partial charge in [0, 0.05) is 148 Å². The number of hydrogen-bond donors (Lipinski definition) is 28. The first-order valence-electron chi connectivity index (χ1n) is 45.1. The summed E-state index contributed by atoms with van der Waals surface area (Å²) in [5.41, 5.74) is 11.0. The molecule has 47 nitrogen and oxygen atoms in total. The molecule has 5 aromatic rings. The zero-order valence-corrected chi connectivity index (χ0v) is 79.4. The number of ketones is 3. The summed E-state index contributed by atoms with van der Waals surface area (Å²) in [7, 11) is 1.70. The lowest BCUT2D eigenvalue weighted by atomic mass is 9.89. The number of Topliss-reactive ketones (excluding diaryl/α,β-unsaturated/α-hetero) is 3. The van der Waals surface area contributed by atoms with E-state index in [4.69, 9.17) is 16.9 Å². The number of ether oxygens (including phenoxy) is 1. The van der Waals surface area contributed by atoms with E-state index in [1.54, 1.807) is 35.2 Å². The highest BCUT2D eigenvalue weighted by molar-refractivity contribution is 8.76. The minimum Gasteiger partial charge on any atom is -0.481 e. The number of nitrogens with one attached hydrogen (secondary N) is 8. The van der Waals surface area contributed by atoms with Crippen molar-refractivity contribution in [2.24, 2.45) is 17.8 Å². The number of nitrogens with zero attached hydrogens (tertiary/aromatic N) is 2. The maximum atomic E-state index is 15.0. The number of aliphatic hydroxyl groups is 15. The van der Waals surface area contributed by atoms with Gasteiger partial charge in [-0.1, -0.05) is 82.1 Å². The highest BCUT2D eigenvalue weighted by Gasteiger charge is 2.40. The van der Waals surface area contributed by atoms with Crippen molar-refractivity contribution in [1.29, 1.82) is 0 Å². The molecule has 50 heteroatoms. The summed E-state index contributed by atoms with van der Waals surface area (Å²) < 4.78 is 5.25. The predicted octanol–water partition coefficient (Wildman–Crippen LogP) is -5.04. The number of thioether (sulfide) groups is 1. The summed E-state index contributed by atoms with van der Waals surface area (Å²) in [5.74, 6) is -20.8. The quantitative estimate of drug-likeness (QED) is 0.00750. The molecule has 29 N–H and O–H groups in total. The maximum Gasteiger partial charge on any atom is 0.327 e. The molecule has 19 atom stereocenters. The van der Waals surface area contributed by atoms with Crippen LogP contribution in [0.4, 0.5) is 11.6 Å². The first kappa shape index (κ1) is 119. The fourth-order valence-electron chi connectivity index (χ4n) is 14.9. The Hall–Kier alpha value is -11.7. The monoisotopic (exact) mass is 2050 g/mol. The van der Waals surface area contributed by atoms with Crippen molar-refractivity contribution >= 4 is 144 Å². The van der Waals surface area contributed by atoms with Crippen molar-refractivity contribution in [2.45, 2.75) is 213 Å². The van der Waals surface area contributed by atoms with Gasteiger partial charge in [-0.05, 0) is 103 Å². The third kappa shape index (κ3) is 38.9. The summed E-state index contributed by atoms with van der Waals surface area (Å²) >= 11 is 1.42. The average molecular weight is 2060 g/mol. The molecule has 1 aliphatic rings. The number of benzene rings is 4. The second-order valence-corrected chi connectivity index (χ2v) is 37.5. The van der Waals surface area contributed by atoms with E-state index >= 15 is 4.79 Å². The van der Waals surface area contributed by atoms with Crippen molar-refractivity contribution in [2.75, 3.05) is 86.3 Å². The summed E-state index contributed by atoms with van der Waals surface area (Å²) in [6, 6.07) is 19.0. The number of anilines is 2. The molecule has 0 unspecified atom stereocenters. The second kappa shape index (κ2) is 60.7. The van der Waals surface area contributed by atoms with E-state index in [2.05, 4.69) is 53.1 Å². The van der Waals surface area contributed by atoms with Gasteiger partial charge in [0.2, 0.25) is 41.4 Å². The number of nitrogens with two attached hydrogens (primary N) is 1. The Labute approximate surface area is 824 Å². The van der Waals surface area contributed by atoms with Crippen LogP contribution in [0.25, 0.3) is 22.0 Å². The number of aromatic nitrogens is 2. The second-order valence-electron chi connectivity index (χ2n) is 33.7. The third-order valence-corrected chi connectivity index (χ3v) is 26.6. The number of aromatic amines is 1. The van der Waals surface area contributed by atoms with Crippen LogP contribution in [0, 0.1) is 30.1 Å². The predicted molar refractivity (Wildman–Crippen MR) is 509 cm³/mol. The number of esters is 1.